The molecule has 2 aromatic carbocycles. The Morgan fingerprint density at radius 3 is 2.20 bits per heavy atom. The summed E-state index contributed by atoms with van der Waals surface area (Å²) in [5.74, 6) is -3.01. The van der Waals surface area contributed by atoms with E-state index in [2.05, 4.69) is 10.0 Å². The molecule has 0 radical (unpaired) electrons. The predicted molar refractivity (Wildman–Crippen MR) is 112 cm³/mol. The van der Waals surface area contributed by atoms with Crippen LogP contribution in [-0.4, -0.2) is 20.3 Å². The maximum atomic E-state index is 12.7. The largest absolute Gasteiger partial charge is 0.550 e. The fourth-order valence-electron chi connectivity index (χ4n) is 3.81. The van der Waals surface area contributed by atoms with Crippen LogP contribution < -0.4 is 15.1 Å². The summed E-state index contributed by atoms with van der Waals surface area (Å²) in [7, 11) is -3.78. The number of carbonyl (C=O) groups excluding carboxylic acids is 2. The van der Waals surface area contributed by atoms with E-state index < -0.39 is 27.8 Å². The third-order valence-corrected chi connectivity index (χ3v) is 6.85. The number of aryl methyl sites for hydroxylation is 2. The van der Waals surface area contributed by atoms with Crippen LogP contribution in [0.2, 0.25) is 0 Å². The molecule has 7 nitrogen and oxygen atoms in total. The van der Waals surface area contributed by atoms with Crippen molar-refractivity contribution in [1.82, 2.24) is 0 Å². The minimum Gasteiger partial charge on any atom is -0.550 e. The van der Waals surface area contributed by atoms with Crippen molar-refractivity contribution in [3.8, 4) is 0 Å². The zero-order chi connectivity index (χ0) is 21.9. The number of aliphatic carboxylic acids is 1. The third kappa shape index (κ3) is 4.99. The number of hydrogen-bond acceptors (Lipinski definition) is 5. The summed E-state index contributed by atoms with van der Waals surface area (Å²) >= 11 is 0. The Morgan fingerprint density at radius 2 is 1.60 bits per heavy atom. The van der Waals surface area contributed by atoms with Gasteiger partial charge in [-0.25, -0.2) is 8.42 Å². The molecule has 2 atom stereocenters. The minimum absolute atomic E-state index is 0.0609. The summed E-state index contributed by atoms with van der Waals surface area (Å²) < 4.78 is 27.9. The van der Waals surface area contributed by atoms with E-state index in [1.165, 1.54) is 24.3 Å². The van der Waals surface area contributed by atoms with E-state index in [9.17, 15) is 23.1 Å². The number of carboxylic acid groups (broad SMARTS) is 1. The zero-order valence-corrected chi connectivity index (χ0v) is 17.8. The normalized spacial score (nSPS) is 19.1. The molecule has 0 aliphatic heterocycles. The van der Waals surface area contributed by atoms with E-state index in [1.807, 2.05) is 26.0 Å². The van der Waals surface area contributed by atoms with Crippen LogP contribution in [0.25, 0.3) is 0 Å². The number of nitrogens with one attached hydrogen (secondary N) is 2. The van der Waals surface area contributed by atoms with Crippen LogP contribution in [-0.2, 0) is 19.6 Å². The lowest BCUT2D eigenvalue weighted by atomic mass is 9.78. The number of sulfonamides is 1. The maximum Gasteiger partial charge on any atom is 0.261 e. The van der Waals surface area contributed by atoms with Gasteiger partial charge in [0.2, 0.25) is 5.91 Å². The van der Waals surface area contributed by atoms with Gasteiger partial charge in [0.15, 0.2) is 0 Å². The lowest BCUT2D eigenvalue weighted by Crippen LogP contribution is -2.42. The highest BCUT2D eigenvalue weighted by molar-refractivity contribution is 7.92. The van der Waals surface area contributed by atoms with E-state index in [0.717, 1.165) is 24.0 Å². The third-order valence-electron chi connectivity index (χ3n) is 5.46. The number of hydrogen-bond donors (Lipinski definition) is 2. The average Bonchev–Trinajstić information content (AvgIpc) is 2.70. The highest BCUT2D eigenvalue weighted by Crippen LogP contribution is 2.31. The first-order valence-corrected chi connectivity index (χ1v) is 11.4. The molecular formula is C22H25N2O5S-. The van der Waals surface area contributed by atoms with Gasteiger partial charge in [0.25, 0.3) is 10.0 Å². The van der Waals surface area contributed by atoms with Crippen molar-refractivity contribution < 1.29 is 23.1 Å². The number of amides is 1. The first-order chi connectivity index (χ1) is 14.2. The quantitative estimate of drug-likeness (QED) is 0.732. The van der Waals surface area contributed by atoms with Gasteiger partial charge in [0, 0.05) is 23.5 Å². The van der Waals surface area contributed by atoms with Gasteiger partial charge in [-0.2, -0.15) is 0 Å². The Bertz CT molecular complexity index is 1050. The van der Waals surface area contributed by atoms with Crippen LogP contribution in [0, 0.1) is 25.7 Å². The molecule has 3 rings (SSSR count). The van der Waals surface area contributed by atoms with Crippen molar-refractivity contribution in [1.29, 1.82) is 0 Å². The SMILES string of the molecule is Cc1ccc(NS(=O)(=O)c2ccc(NC(=O)C3CCCCC3C(=O)[O-])cc2)c(C)c1. The standard InChI is InChI=1S/C22H26N2O5S/c1-14-7-12-20(15(2)13-14)24-30(28,29)17-10-8-16(9-11-17)23-21(25)18-5-3-4-6-19(18)22(26)27/h7-13,18-19,24H,3-6H2,1-2H3,(H,23,25)(H,26,27)/p-1. The topological polar surface area (TPSA) is 115 Å². The van der Waals surface area contributed by atoms with Gasteiger partial charge in [0.1, 0.15) is 0 Å². The Balaban J connectivity index is 1.71. The van der Waals surface area contributed by atoms with Crippen LogP contribution in [0.5, 0.6) is 0 Å². The average molecular weight is 430 g/mol. The van der Waals surface area contributed by atoms with Crippen molar-refractivity contribution in [2.45, 2.75) is 44.4 Å². The van der Waals surface area contributed by atoms with E-state index in [0.29, 0.717) is 24.2 Å². The summed E-state index contributed by atoms with van der Waals surface area (Å²) in [5.41, 5.74) is 2.77. The summed E-state index contributed by atoms with van der Waals surface area (Å²) in [6.07, 6.45) is 2.49. The second-order valence-electron chi connectivity index (χ2n) is 7.75. The van der Waals surface area contributed by atoms with Gasteiger partial charge < -0.3 is 15.2 Å². The summed E-state index contributed by atoms with van der Waals surface area (Å²) in [6, 6.07) is 11.2. The molecule has 8 heteroatoms. The minimum atomic E-state index is -3.78. The maximum absolute atomic E-state index is 12.7. The van der Waals surface area contributed by atoms with Gasteiger partial charge in [-0.3, -0.25) is 9.52 Å². The predicted octanol–water partition coefficient (Wildman–Crippen LogP) is 2.60. The molecule has 0 bridgehead atoms. The van der Waals surface area contributed by atoms with Crippen molar-refractivity contribution in [2.24, 2.45) is 11.8 Å². The lowest BCUT2D eigenvalue weighted by molar-refractivity contribution is -0.313. The summed E-state index contributed by atoms with van der Waals surface area (Å²) in [4.78, 5) is 23.9. The molecule has 1 amide bonds. The second-order valence-corrected chi connectivity index (χ2v) is 9.44. The number of anilines is 2. The van der Waals surface area contributed by atoms with Crippen LogP contribution in [0.4, 0.5) is 11.4 Å². The first-order valence-electron chi connectivity index (χ1n) is 9.89. The van der Waals surface area contributed by atoms with Gasteiger partial charge in [-0.05, 0) is 62.6 Å². The Morgan fingerprint density at radius 1 is 0.967 bits per heavy atom. The molecule has 1 fully saturated rings. The highest BCUT2D eigenvalue weighted by Gasteiger charge is 2.31. The molecule has 160 valence electrons. The van der Waals surface area contributed by atoms with Crippen LogP contribution in [0.15, 0.2) is 47.4 Å². The molecule has 2 unspecified atom stereocenters. The van der Waals surface area contributed by atoms with E-state index in [1.54, 1.807) is 6.07 Å². The van der Waals surface area contributed by atoms with Crippen LogP contribution >= 0.6 is 0 Å². The van der Waals surface area contributed by atoms with Crippen molar-refractivity contribution >= 4 is 33.3 Å². The van der Waals surface area contributed by atoms with Crippen LogP contribution in [0.1, 0.15) is 36.8 Å². The van der Waals surface area contributed by atoms with Crippen molar-refractivity contribution in [2.75, 3.05) is 10.0 Å². The van der Waals surface area contributed by atoms with Gasteiger partial charge >= 0.3 is 0 Å². The fourth-order valence-corrected chi connectivity index (χ4v) is 4.94. The molecular weight excluding hydrogens is 404 g/mol. The molecule has 30 heavy (non-hydrogen) atoms. The second kappa shape index (κ2) is 8.87. The molecule has 2 aromatic rings. The first kappa shape index (κ1) is 21.8. The van der Waals surface area contributed by atoms with Crippen LogP contribution in [0.3, 0.4) is 0 Å². The smallest absolute Gasteiger partial charge is 0.261 e. The molecule has 0 spiro atoms. The molecule has 1 aliphatic carbocycles. The Labute approximate surface area is 176 Å². The van der Waals surface area contributed by atoms with Crippen molar-refractivity contribution in [3.05, 3.63) is 53.6 Å². The molecule has 0 heterocycles. The summed E-state index contributed by atoms with van der Waals surface area (Å²) in [6.45, 7) is 3.76. The highest BCUT2D eigenvalue weighted by atomic mass is 32.2. The Hall–Kier alpha value is -2.87. The van der Waals surface area contributed by atoms with E-state index >= 15 is 0 Å². The molecule has 1 saturated carbocycles. The molecule has 1 aliphatic rings. The molecule has 0 aromatic heterocycles. The van der Waals surface area contributed by atoms with E-state index in [-0.39, 0.29) is 10.8 Å². The molecule has 0 saturated heterocycles. The van der Waals surface area contributed by atoms with Gasteiger partial charge in [0.05, 0.1) is 10.6 Å². The van der Waals surface area contributed by atoms with Crippen molar-refractivity contribution in [3.63, 3.8) is 0 Å². The molecule has 2 N–H and O–H groups in total. The number of carbonyl (C=O) groups is 2. The lowest BCUT2D eigenvalue weighted by Gasteiger charge is -2.31. The fraction of sp³-hybridized carbons (Fsp3) is 0.364. The summed E-state index contributed by atoms with van der Waals surface area (Å²) in [5, 5.41) is 14.0. The number of benzene rings is 2. The van der Waals surface area contributed by atoms with E-state index in [4.69, 9.17) is 0 Å². The monoisotopic (exact) mass is 429 g/mol. The zero-order valence-electron chi connectivity index (χ0n) is 17.0. The van der Waals surface area contributed by atoms with Gasteiger partial charge in [-0.1, -0.05) is 30.5 Å². The number of carboxylic acids is 1. The number of rotatable bonds is 6. The Kier molecular flexibility index (Phi) is 6.45. The van der Waals surface area contributed by atoms with Gasteiger partial charge in [-0.15, -0.1) is 0 Å².